The summed E-state index contributed by atoms with van der Waals surface area (Å²) in [4.78, 5) is 4.87. The van der Waals surface area contributed by atoms with Crippen molar-refractivity contribution in [3.05, 3.63) is 35.4 Å². The highest BCUT2D eigenvalue weighted by molar-refractivity contribution is 14.0. The van der Waals surface area contributed by atoms with Gasteiger partial charge in [-0.15, -0.1) is 24.0 Å². The first-order chi connectivity index (χ1) is 11.9. The predicted molar refractivity (Wildman–Crippen MR) is 120 cm³/mol. The van der Waals surface area contributed by atoms with Crippen LogP contribution in [-0.4, -0.2) is 37.8 Å². The zero-order valence-corrected chi connectivity index (χ0v) is 19.0. The number of ether oxygens (including phenoxy) is 1. The molecule has 1 aromatic rings. The van der Waals surface area contributed by atoms with Gasteiger partial charge in [-0.25, -0.2) is 0 Å². The van der Waals surface area contributed by atoms with Crippen LogP contribution >= 0.6 is 24.0 Å². The Labute approximate surface area is 175 Å². The third kappa shape index (κ3) is 4.35. The van der Waals surface area contributed by atoms with Crippen LogP contribution in [0.2, 0.25) is 0 Å². The first-order valence-electron chi connectivity index (χ1n) is 9.66. The lowest BCUT2D eigenvalue weighted by Crippen LogP contribution is -2.68. The number of nitrogens with zero attached hydrogens (tertiary/aromatic N) is 1. The second-order valence-corrected chi connectivity index (χ2v) is 8.22. The summed E-state index contributed by atoms with van der Waals surface area (Å²) < 4.78 is 5.91. The fourth-order valence-electron chi connectivity index (χ4n) is 4.39. The molecule has 1 aromatic carbocycles. The van der Waals surface area contributed by atoms with Gasteiger partial charge in [0.1, 0.15) is 0 Å². The average molecular weight is 471 g/mol. The molecule has 0 aromatic heterocycles. The van der Waals surface area contributed by atoms with Gasteiger partial charge in [-0.2, -0.15) is 0 Å². The number of rotatable bonds is 5. The molecule has 0 radical (unpaired) electrons. The second kappa shape index (κ2) is 8.91. The SMILES string of the molecule is CCNC(=NCC(C)c1cccc(C)c1)NC1C2CCOC2C1(C)C.I. The van der Waals surface area contributed by atoms with Crippen LogP contribution < -0.4 is 10.6 Å². The minimum absolute atomic E-state index is 0. The number of guanidine groups is 1. The van der Waals surface area contributed by atoms with Crippen molar-refractivity contribution in [1.82, 2.24) is 10.6 Å². The van der Waals surface area contributed by atoms with Crippen molar-refractivity contribution in [3.63, 3.8) is 0 Å². The second-order valence-electron chi connectivity index (χ2n) is 8.22. The Hall–Kier alpha value is -0.820. The fraction of sp³-hybridized carbons (Fsp3) is 0.667. The minimum Gasteiger partial charge on any atom is -0.377 e. The van der Waals surface area contributed by atoms with E-state index in [4.69, 9.17) is 9.73 Å². The maximum Gasteiger partial charge on any atom is 0.191 e. The van der Waals surface area contributed by atoms with Crippen LogP contribution in [-0.2, 0) is 4.74 Å². The highest BCUT2D eigenvalue weighted by Crippen LogP contribution is 2.52. The number of hydrogen-bond acceptors (Lipinski definition) is 2. The molecule has 5 heteroatoms. The van der Waals surface area contributed by atoms with E-state index in [0.717, 1.165) is 32.1 Å². The van der Waals surface area contributed by atoms with Gasteiger partial charge < -0.3 is 15.4 Å². The van der Waals surface area contributed by atoms with Crippen LogP contribution in [0, 0.1) is 18.3 Å². The summed E-state index contributed by atoms with van der Waals surface area (Å²) in [6.07, 6.45) is 1.56. The lowest BCUT2D eigenvalue weighted by Gasteiger charge is -2.54. The Bertz CT molecular complexity index is 631. The van der Waals surface area contributed by atoms with E-state index in [9.17, 15) is 0 Å². The summed E-state index contributed by atoms with van der Waals surface area (Å²) >= 11 is 0. The van der Waals surface area contributed by atoms with E-state index in [0.29, 0.717) is 24.0 Å². The molecule has 0 amide bonds. The molecule has 4 nitrogen and oxygen atoms in total. The Morgan fingerprint density at radius 1 is 1.38 bits per heavy atom. The molecular weight excluding hydrogens is 437 g/mol. The molecule has 26 heavy (non-hydrogen) atoms. The van der Waals surface area contributed by atoms with Crippen LogP contribution in [0.1, 0.15) is 51.2 Å². The van der Waals surface area contributed by atoms with E-state index in [1.165, 1.54) is 11.1 Å². The van der Waals surface area contributed by atoms with Gasteiger partial charge in [0.2, 0.25) is 0 Å². The van der Waals surface area contributed by atoms with Crippen molar-refractivity contribution in [3.8, 4) is 0 Å². The maximum atomic E-state index is 5.91. The van der Waals surface area contributed by atoms with Crippen molar-refractivity contribution in [2.75, 3.05) is 19.7 Å². The monoisotopic (exact) mass is 471 g/mol. The summed E-state index contributed by atoms with van der Waals surface area (Å²) in [6, 6.07) is 9.17. The maximum absolute atomic E-state index is 5.91. The minimum atomic E-state index is 0. The van der Waals surface area contributed by atoms with E-state index >= 15 is 0 Å². The van der Waals surface area contributed by atoms with Crippen LogP contribution in [0.4, 0.5) is 0 Å². The lowest BCUT2D eigenvalue weighted by molar-refractivity contribution is -0.106. The topological polar surface area (TPSA) is 45.7 Å². The van der Waals surface area contributed by atoms with Crippen LogP contribution in [0.5, 0.6) is 0 Å². The molecule has 3 rings (SSSR count). The van der Waals surface area contributed by atoms with Gasteiger partial charge in [-0.3, -0.25) is 4.99 Å². The molecule has 1 aliphatic heterocycles. The van der Waals surface area contributed by atoms with E-state index in [-0.39, 0.29) is 29.4 Å². The van der Waals surface area contributed by atoms with Crippen LogP contribution in [0.3, 0.4) is 0 Å². The number of benzene rings is 1. The van der Waals surface area contributed by atoms with E-state index < -0.39 is 0 Å². The van der Waals surface area contributed by atoms with Gasteiger partial charge in [0.15, 0.2) is 5.96 Å². The largest absolute Gasteiger partial charge is 0.377 e. The Morgan fingerprint density at radius 2 is 2.15 bits per heavy atom. The molecule has 1 heterocycles. The summed E-state index contributed by atoms with van der Waals surface area (Å²) in [7, 11) is 0. The van der Waals surface area contributed by atoms with E-state index in [1.807, 2.05) is 0 Å². The fourth-order valence-corrected chi connectivity index (χ4v) is 4.39. The van der Waals surface area contributed by atoms with Gasteiger partial charge in [0.05, 0.1) is 6.10 Å². The quantitative estimate of drug-likeness (QED) is 0.387. The highest BCUT2D eigenvalue weighted by atomic mass is 127. The molecule has 2 aliphatic rings. The van der Waals surface area contributed by atoms with Gasteiger partial charge in [0, 0.05) is 43.0 Å². The summed E-state index contributed by atoms with van der Waals surface area (Å²) in [5.41, 5.74) is 2.83. The van der Waals surface area contributed by atoms with E-state index in [1.54, 1.807) is 0 Å². The number of hydrogen-bond donors (Lipinski definition) is 2. The molecule has 1 saturated heterocycles. The van der Waals surface area contributed by atoms with Gasteiger partial charge >= 0.3 is 0 Å². The molecule has 0 spiro atoms. The average Bonchev–Trinajstić information content (AvgIpc) is 3.04. The van der Waals surface area contributed by atoms with Crippen molar-refractivity contribution < 1.29 is 4.74 Å². The first-order valence-corrected chi connectivity index (χ1v) is 9.66. The van der Waals surface area contributed by atoms with Crippen LogP contribution in [0.15, 0.2) is 29.3 Å². The van der Waals surface area contributed by atoms with Crippen molar-refractivity contribution in [2.45, 2.75) is 59.1 Å². The number of aryl methyl sites for hydroxylation is 1. The lowest BCUT2D eigenvalue weighted by atomic mass is 9.57. The zero-order chi connectivity index (χ0) is 18.0. The zero-order valence-electron chi connectivity index (χ0n) is 16.7. The number of fused-ring (bicyclic) bond motifs is 1. The standard InChI is InChI=1S/C21H33N3O.HI/c1-6-22-20(23-13-15(3)16-9-7-8-14(2)12-16)24-18-17-10-11-25-19(17)21(18,4)5;/h7-9,12,15,17-19H,6,10-11,13H2,1-5H3,(H2,22,23,24);1H. The number of aliphatic imine (C=N–C) groups is 1. The first kappa shape index (κ1) is 21.5. The molecular formula is C21H34IN3O. The molecule has 4 atom stereocenters. The Kier molecular flexibility index (Phi) is 7.36. The van der Waals surface area contributed by atoms with E-state index in [2.05, 4.69) is 69.5 Å². The normalized spacial score (nSPS) is 27.7. The van der Waals surface area contributed by atoms with Crippen molar-refractivity contribution in [2.24, 2.45) is 16.3 Å². The number of halogens is 1. The smallest absolute Gasteiger partial charge is 0.191 e. The Morgan fingerprint density at radius 3 is 2.85 bits per heavy atom. The molecule has 2 N–H and O–H groups in total. The molecule has 4 unspecified atom stereocenters. The predicted octanol–water partition coefficient (Wildman–Crippen LogP) is 4.09. The van der Waals surface area contributed by atoms with Gasteiger partial charge in [0.25, 0.3) is 0 Å². The number of nitrogens with one attached hydrogen (secondary N) is 2. The summed E-state index contributed by atoms with van der Waals surface area (Å²) in [5, 5.41) is 7.11. The highest BCUT2D eigenvalue weighted by Gasteiger charge is 2.59. The Balaban J connectivity index is 0.00000243. The van der Waals surface area contributed by atoms with Crippen LogP contribution in [0.25, 0.3) is 0 Å². The molecule has 146 valence electrons. The summed E-state index contributed by atoms with van der Waals surface area (Å²) in [5.74, 6) is 1.96. The summed E-state index contributed by atoms with van der Waals surface area (Å²) in [6.45, 7) is 13.7. The van der Waals surface area contributed by atoms with Gasteiger partial charge in [-0.05, 0) is 25.8 Å². The van der Waals surface area contributed by atoms with Crippen molar-refractivity contribution in [1.29, 1.82) is 0 Å². The third-order valence-corrected chi connectivity index (χ3v) is 5.87. The third-order valence-electron chi connectivity index (χ3n) is 5.87. The van der Waals surface area contributed by atoms with Crippen molar-refractivity contribution >= 4 is 29.9 Å². The van der Waals surface area contributed by atoms with Gasteiger partial charge in [-0.1, -0.05) is 50.6 Å². The molecule has 0 bridgehead atoms. The molecule has 1 aliphatic carbocycles. The molecule has 1 saturated carbocycles. The molecule has 2 fully saturated rings.